The van der Waals surface area contributed by atoms with E-state index in [-0.39, 0.29) is 29.2 Å². The highest BCUT2D eigenvalue weighted by molar-refractivity contribution is 5.99. The molecule has 2 bridgehead atoms. The first-order valence-electron chi connectivity index (χ1n) is 13.5. The standard InChI is InChI=1S/C31H26F2N4O3/c32-18-13-21-22(15-34-27(21)23(33)14-18)30-36-28-20(7-4-8-24(28)40-19-5-2-1-3-6-19)29(37-30)35-26-17-11-9-16(10-12-17)25(26)31(38)39/h1-8,13-17,25-26,34H,9-12H2,(H,38,39)(H,35,36,37)/t16?,17?,25-,26-/m0/s1. The van der Waals surface area contributed by atoms with E-state index in [1.165, 1.54) is 6.07 Å². The van der Waals surface area contributed by atoms with Gasteiger partial charge in [0.05, 0.1) is 11.4 Å². The maximum atomic E-state index is 14.5. The molecule has 2 heterocycles. The van der Waals surface area contributed by atoms with E-state index in [4.69, 9.17) is 14.7 Å². The number of carbonyl (C=O) groups is 1. The molecule has 7 nitrogen and oxygen atoms in total. The van der Waals surface area contributed by atoms with Gasteiger partial charge in [-0.2, -0.15) is 0 Å². The van der Waals surface area contributed by atoms with Crippen molar-refractivity contribution in [3.8, 4) is 22.9 Å². The molecule has 5 aromatic rings. The van der Waals surface area contributed by atoms with E-state index in [0.29, 0.717) is 39.2 Å². The van der Waals surface area contributed by atoms with Gasteiger partial charge in [-0.1, -0.05) is 24.3 Å². The van der Waals surface area contributed by atoms with Crippen molar-refractivity contribution < 1.29 is 23.4 Å². The molecule has 0 saturated heterocycles. The molecular formula is C31H26F2N4O3. The van der Waals surface area contributed by atoms with Crippen molar-refractivity contribution in [2.45, 2.75) is 31.7 Å². The Bertz CT molecular complexity index is 1750. The first kappa shape index (κ1) is 24.5. The Hall–Kier alpha value is -4.53. The third kappa shape index (κ3) is 4.13. The summed E-state index contributed by atoms with van der Waals surface area (Å²) in [7, 11) is 0. The predicted octanol–water partition coefficient (Wildman–Crippen LogP) is 7.15. The van der Waals surface area contributed by atoms with Crippen molar-refractivity contribution in [1.29, 1.82) is 0 Å². The summed E-state index contributed by atoms with van der Waals surface area (Å²) in [5.74, 6) is -0.622. The van der Waals surface area contributed by atoms with Crippen molar-refractivity contribution in [2.75, 3.05) is 5.32 Å². The Balaban J connectivity index is 1.41. The normalized spacial score (nSPS) is 22.1. The molecule has 2 aromatic heterocycles. The number of carboxylic acids is 1. The summed E-state index contributed by atoms with van der Waals surface area (Å²) >= 11 is 0. The largest absolute Gasteiger partial charge is 0.481 e. The number of hydrogen-bond donors (Lipinski definition) is 3. The van der Waals surface area contributed by atoms with Crippen LogP contribution in [0.1, 0.15) is 25.7 Å². The molecular weight excluding hydrogens is 514 g/mol. The molecule has 3 aliphatic rings. The number of nitrogens with one attached hydrogen (secondary N) is 2. The molecule has 0 radical (unpaired) electrons. The fourth-order valence-electron chi connectivity index (χ4n) is 6.56. The number of rotatable bonds is 6. The molecule has 3 aliphatic carbocycles. The average Bonchev–Trinajstić information content (AvgIpc) is 3.38. The predicted molar refractivity (Wildman–Crippen MR) is 147 cm³/mol. The van der Waals surface area contributed by atoms with E-state index in [1.54, 1.807) is 12.3 Å². The molecule has 0 amide bonds. The van der Waals surface area contributed by atoms with Crippen LogP contribution < -0.4 is 10.1 Å². The Labute approximate surface area is 228 Å². The summed E-state index contributed by atoms with van der Waals surface area (Å²) in [6, 6.07) is 16.6. The number of aliphatic carboxylic acids is 1. The van der Waals surface area contributed by atoms with Gasteiger partial charge in [-0.25, -0.2) is 18.7 Å². The highest BCUT2D eigenvalue weighted by Gasteiger charge is 2.47. The second kappa shape index (κ2) is 9.59. The second-order valence-corrected chi connectivity index (χ2v) is 10.7. The minimum Gasteiger partial charge on any atom is -0.481 e. The van der Waals surface area contributed by atoms with Crippen LogP contribution in [0.4, 0.5) is 14.6 Å². The first-order valence-corrected chi connectivity index (χ1v) is 13.5. The monoisotopic (exact) mass is 540 g/mol. The Morgan fingerprint density at radius 3 is 2.50 bits per heavy atom. The number of para-hydroxylation sites is 2. The number of fused-ring (bicyclic) bond motifs is 5. The van der Waals surface area contributed by atoms with Gasteiger partial charge in [0.15, 0.2) is 11.6 Å². The van der Waals surface area contributed by atoms with E-state index in [1.807, 2.05) is 42.5 Å². The van der Waals surface area contributed by atoms with Crippen molar-refractivity contribution >= 4 is 33.6 Å². The van der Waals surface area contributed by atoms with Gasteiger partial charge >= 0.3 is 5.97 Å². The van der Waals surface area contributed by atoms with Crippen LogP contribution in [-0.2, 0) is 4.79 Å². The molecule has 0 spiro atoms. The number of benzene rings is 3. The van der Waals surface area contributed by atoms with Crippen molar-refractivity contribution in [2.24, 2.45) is 17.8 Å². The van der Waals surface area contributed by atoms with Gasteiger partial charge in [-0.3, -0.25) is 4.79 Å². The summed E-state index contributed by atoms with van der Waals surface area (Å²) in [5.41, 5.74) is 1.07. The van der Waals surface area contributed by atoms with E-state index in [9.17, 15) is 18.7 Å². The molecule has 3 saturated carbocycles. The average molecular weight is 541 g/mol. The number of ether oxygens (including phenoxy) is 1. The number of aromatic amines is 1. The SMILES string of the molecule is O=C(O)[C@H]1C2CCC(CC2)[C@@H]1Nc1nc(-c2c[nH]c3c(F)cc(F)cc23)nc2c(Oc3ccccc3)cccc12. The molecule has 40 heavy (non-hydrogen) atoms. The van der Waals surface area contributed by atoms with E-state index in [0.717, 1.165) is 31.7 Å². The topological polar surface area (TPSA) is 100 Å². The number of hydrogen-bond acceptors (Lipinski definition) is 5. The smallest absolute Gasteiger partial charge is 0.308 e. The highest BCUT2D eigenvalue weighted by atomic mass is 19.1. The van der Waals surface area contributed by atoms with Gasteiger partial charge in [0.2, 0.25) is 0 Å². The molecule has 8 rings (SSSR count). The third-order valence-corrected chi connectivity index (χ3v) is 8.42. The summed E-state index contributed by atoms with van der Waals surface area (Å²) < 4.78 is 35.0. The molecule has 3 N–H and O–H groups in total. The van der Waals surface area contributed by atoms with Crippen LogP contribution in [0.5, 0.6) is 11.5 Å². The van der Waals surface area contributed by atoms with Gasteiger partial charge in [-0.15, -0.1) is 0 Å². The highest BCUT2D eigenvalue weighted by Crippen LogP contribution is 2.47. The maximum Gasteiger partial charge on any atom is 0.308 e. The van der Waals surface area contributed by atoms with Gasteiger partial charge in [0, 0.05) is 34.6 Å². The van der Waals surface area contributed by atoms with Crippen molar-refractivity contribution in [3.05, 3.63) is 78.5 Å². The van der Waals surface area contributed by atoms with Crippen LogP contribution in [0, 0.1) is 29.4 Å². The summed E-state index contributed by atoms with van der Waals surface area (Å²) in [5, 5.41) is 14.6. The summed E-state index contributed by atoms with van der Waals surface area (Å²) in [6.45, 7) is 0. The zero-order valence-corrected chi connectivity index (χ0v) is 21.4. The summed E-state index contributed by atoms with van der Waals surface area (Å²) in [6.07, 6.45) is 5.31. The Kier molecular flexibility index (Phi) is 5.87. The molecule has 0 aliphatic heterocycles. The quantitative estimate of drug-likeness (QED) is 0.212. The number of nitrogens with zero attached hydrogens (tertiary/aromatic N) is 2. The summed E-state index contributed by atoms with van der Waals surface area (Å²) in [4.78, 5) is 24.9. The van der Waals surface area contributed by atoms with Crippen LogP contribution in [0.2, 0.25) is 0 Å². The maximum absolute atomic E-state index is 14.5. The number of carboxylic acid groups (broad SMARTS) is 1. The molecule has 202 valence electrons. The number of H-pyrrole nitrogens is 1. The Morgan fingerprint density at radius 2 is 1.73 bits per heavy atom. The lowest BCUT2D eigenvalue weighted by Crippen LogP contribution is -2.51. The molecule has 3 aromatic carbocycles. The lowest BCUT2D eigenvalue weighted by atomic mass is 9.61. The van der Waals surface area contributed by atoms with Crippen LogP contribution in [0.15, 0.2) is 66.9 Å². The van der Waals surface area contributed by atoms with Crippen LogP contribution in [-0.4, -0.2) is 32.1 Å². The fraction of sp³-hybridized carbons (Fsp3) is 0.258. The van der Waals surface area contributed by atoms with Gasteiger partial charge in [-0.05, 0) is 67.9 Å². The minimum absolute atomic E-state index is 0.115. The first-order chi connectivity index (χ1) is 19.5. The van der Waals surface area contributed by atoms with Gasteiger partial charge < -0.3 is 20.1 Å². The molecule has 2 atom stereocenters. The zero-order chi connectivity index (χ0) is 27.4. The zero-order valence-electron chi connectivity index (χ0n) is 21.4. The lowest BCUT2D eigenvalue weighted by Gasteiger charge is -2.47. The van der Waals surface area contributed by atoms with Crippen molar-refractivity contribution in [1.82, 2.24) is 15.0 Å². The fourth-order valence-corrected chi connectivity index (χ4v) is 6.56. The second-order valence-electron chi connectivity index (χ2n) is 10.7. The van der Waals surface area contributed by atoms with Crippen LogP contribution in [0.25, 0.3) is 33.2 Å². The minimum atomic E-state index is -0.804. The van der Waals surface area contributed by atoms with Gasteiger partial charge in [0.1, 0.15) is 28.7 Å². The van der Waals surface area contributed by atoms with Crippen LogP contribution >= 0.6 is 0 Å². The molecule has 9 heteroatoms. The molecule has 3 fully saturated rings. The lowest BCUT2D eigenvalue weighted by molar-refractivity contribution is -0.148. The molecule has 0 unspecified atom stereocenters. The Morgan fingerprint density at radius 1 is 0.950 bits per heavy atom. The van der Waals surface area contributed by atoms with E-state index >= 15 is 0 Å². The van der Waals surface area contributed by atoms with Crippen LogP contribution in [0.3, 0.4) is 0 Å². The van der Waals surface area contributed by atoms with Crippen molar-refractivity contribution in [3.63, 3.8) is 0 Å². The number of anilines is 1. The van der Waals surface area contributed by atoms with E-state index < -0.39 is 23.5 Å². The van der Waals surface area contributed by atoms with E-state index in [2.05, 4.69) is 10.3 Å². The third-order valence-electron chi connectivity index (χ3n) is 8.42. The number of halogens is 2. The van der Waals surface area contributed by atoms with Gasteiger partial charge in [0.25, 0.3) is 0 Å². The number of aromatic nitrogens is 3.